The van der Waals surface area contributed by atoms with Gasteiger partial charge in [-0.05, 0) is 6.42 Å². The van der Waals surface area contributed by atoms with E-state index in [4.69, 9.17) is 5.73 Å². The smallest absolute Gasteiger partial charge is 0.407 e. The van der Waals surface area contributed by atoms with Crippen molar-refractivity contribution in [3.8, 4) is 0 Å². The van der Waals surface area contributed by atoms with E-state index < -0.39 is 6.09 Å². The summed E-state index contributed by atoms with van der Waals surface area (Å²) in [5.74, 6) is 0.633. The van der Waals surface area contributed by atoms with Gasteiger partial charge < -0.3 is 20.7 Å². The maximum absolute atomic E-state index is 11.1. The fourth-order valence-corrected chi connectivity index (χ4v) is 1.78. The van der Waals surface area contributed by atoms with E-state index in [0.29, 0.717) is 18.2 Å². The molecule has 1 aliphatic heterocycles. The van der Waals surface area contributed by atoms with Crippen molar-refractivity contribution in [3.05, 3.63) is 12.4 Å². The molecule has 0 saturated carbocycles. The molecule has 1 unspecified atom stereocenters. The van der Waals surface area contributed by atoms with Crippen LogP contribution in [0.3, 0.4) is 0 Å². The first-order valence-electron chi connectivity index (χ1n) is 5.36. The molecule has 2 rings (SSSR count). The monoisotopic (exact) mass is 237 g/mol. The van der Waals surface area contributed by atoms with E-state index in [1.165, 1.54) is 7.11 Å². The first-order chi connectivity index (χ1) is 8.19. The Morgan fingerprint density at radius 1 is 1.59 bits per heavy atom. The van der Waals surface area contributed by atoms with E-state index >= 15 is 0 Å². The predicted molar refractivity (Wildman–Crippen MR) is 62.6 cm³/mol. The summed E-state index contributed by atoms with van der Waals surface area (Å²) in [6.07, 6.45) is 3.59. The average molecular weight is 237 g/mol. The van der Waals surface area contributed by atoms with Crippen LogP contribution in [0.5, 0.6) is 0 Å². The quantitative estimate of drug-likeness (QED) is 0.751. The maximum atomic E-state index is 11.1. The third-order valence-electron chi connectivity index (χ3n) is 2.64. The summed E-state index contributed by atoms with van der Waals surface area (Å²) in [6, 6.07) is 0.0728. The first-order valence-corrected chi connectivity index (χ1v) is 5.36. The largest absolute Gasteiger partial charge is 0.453 e. The van der Waals surface area contributed by atoms with E-state index in [0.717, 1.165) is 13.0 Å². The number of nitrogen functional groups attached to an aromatic ring is 1. The average Bonchev–Trinajstić information content (AvgIpc) is 2.78. The van der Waals surface area contributed by atoms with Gasteiger partial charge in [0.2, 0.25) is 5.95 Å². The Kier molecular flexibility index (Phi) is 3.27. The number of nitrogens with two attached hydrogens (primary N) is 1. The molecule has 2 heterocycles. The summed E-state index contributed by atoms with van der Waals surface area (Å²) in [5, 5.41) is 2.76. The number of anilines is 2. The number of carbonyl (C=O) groups excluding carboxylic acids is 1. The van der Waals surface area contributed by atoms with Crippen LogP contribution in [0, 0.1) is 0 Å². The molecule has 1 aromatic heterocycles. The van der Waals surface area contributed by atoms with Crippen molar-refractivity contribution in [1.29, 1.82) is 0 Å². The number of aromatic nitrogens is 2. The Balaban J connectivity index is 1.93. The van der Waals surface area contributed by atoms with E-state index in [-0.39, 0.29) is 6.04 Å². The SMILES string of the molecule is COC(=O)NC1CCN(c2ncc(N)cn2)C1. The van der Waals surface area contributed by atoms with Crippen molar-refractivity contribution in [3.63, 3.8) is 0 Å². The van der Waals surface area contributed by atoms with E-state index in [2.05, 4.69) is 20.0 Å². The number of rotatable bonds is 2. The van der Waals surface area contributed by atoms with Crippen LogP contribution in [0.2, 0.25) is 0 Å². The Labute approximate surface area is 99.0 Å². The van der Waals surface area contributed by atoms with Gasteiger partial charge in [-0.15, -0.1) is 0 Å². The molecule has 1 amide bonds. The Morgan fingerprint density at radius 2 is 2.29 bits per heavy atom. The van der Waals surface area contributed by atoms with Crippen LogP contribution in [0.4, 0.5) is 16.4 Å². The van der Waals surface area contributed by atoms with Crippen molar-refractivity contribution in [1.82, 2.24) is 15.3 Å². The zero-order chi connectivity index (χ0) is 12.3. The van der Waals surface area contributed by atoms with E-state index in [1.54, 1.807) is 12.4 Å². The number of ether oxygens (including phenoxy) is 1. The van der Waals surface area contributed by atoms with Gasteiger partial charge in [-0.2, -0.15) is 0 Å². The van der Waals surface area contributed by atoms with Gasteiger partial charge in [-0.25, -0.2) is 14.8 Å². The van der Waals surface area contributed by atoms with Crippen LogP contribution >= 0.6 is 0 Å². The van der Waals surface area contributed by atoms with E-state index in [1.807, 2.05) is 4.90 Å². The summed E-state index contributed by atoms with van der Waals surface area (Å²) in [6.45, 7) is 1.48. The Hall–Kier alpha value is -2.05. The standard InChI is InChI=1S/C10H15N5O2/c1-17-10(16)14-8-2-3-15(6-8)9-12-4-7(11)5-13-9/h4-5,8H,2-3,6,11H2,1H3,(H,14,16). The molecule has 17 heavy (non-hydrogen) atoms. The van der Waals surface area contributed by atoms with Crippen LogP contribution in [-0.4, -0.2) is 42.3 Å². The molecule has 0 aliphatic carbocycles. The van der Waals surface area contributed by atoms with Crippen LogP contribution < -0.4 is 16.0 Å². The molecular formula is C10H15N5O2. The number of hydrogen-bond acceptors (Lipinski definition) is 6. The van der Waals surface area contributed by atoms with Crippen molar-refractivity contribution >= 4 is 17.7 Å². The minimum Gasteiger partial charge on any atom is -0.453 e. The Bertz CT molecular complexity index is 394. The van der Waals surface area contributed by atoms with Crippen LogP contribution in [-0.2, 0) is 4.74 Å². The lowest BCUT2D eigenvalue weighted by Crippen LogP contribution is -2.37. The van der Waals surface area contributed by atoms with Crippen LogP contribution in [0.1, 0.15) is 6.42 Å². The highest BCUT2D eigenvalue weighted by atomic mass is 16.5. The molecule has 0 spiro atoms. The second-order valence-corrected chi connectivity index (χ2v) is 3.88. The topological polar surface area (TPSA) is 93.4 Å². The second kappa shape index (κ2) is 4.86. The number of amides is 1. The molecule has 1 fully saturated rings. The summed E-state index contributed by atoms with van der Waals surface area (Å²) in [7, 11) is 1.35. The molecule has 0 aromatic carbocycles. The normalized spacial score (nSPS) is 19.1. The minimum absolute atomic E-state index is 0.0728. The molecule has 0 bridgehead atoms. The third-order valence-corrected chi connectivity index (χ3v) is 2.64. The van der Waals surface area contributed by atoms with Gasteiger partial charge >= 0.3 is 6.09 Å². The zero-order valence-electron chi connectivity index (χ0n) is 9.59. The van der Waals surface area contributed by atoms with Crippen molar-refractivity contribution in [2.45, 2.75) is 12.5 Å². The lowest BCUT2D eigenvalue weighted by Gasteiger charge is -2.16. The van der Waals surface area contributed by atoms with Gasteiger partial charge in [-0.1, -0.05) is 0 Å². The minimum atomic E-state index is -0.407. The fourth-order valence-electron chi connectivity index (χ4n) is 1.78. The highest BCUT2D eigenvalue weighted by molar-refractivity contribution is 5.67. The highest BCUT2D eigenvalue weighted by Crippen LogP contribution is 2.16. The lowest BCUT2D eigenvalue weighted by atomic mass is 10.3. The van der Waals surface area contributed by atoms with Crippen molar-refractivity contribution < 1.29 is 9.53 Å². The highest BCUT2D eigenvalue weighted by Gasteiger charge is 2.25. The summed E-state index contributed by atoms with van der Waals surface area (Å²) in [5.41, 5.74) is 6.06. The molecule has 7 nitrogen and oxygen atoms in total. The van der Waals surface area contributed by atoms with Gasteiger partial charge in [0.25, 0.3) is 0 Å². The van der Waals surface area contributed by atoms with Crippen molar-refractivity contribution in [2.75, 3.05) is 30.8 Å². The zero-order valence-corrected chi connectivity index (χ0v) is 9.59. The van der Waals surface area contributed by atoms with Gasteiger partial charge in [0.15, 0.2) is 0 Å². The number of alkyl carbamates (subject to hydrolysis) is 1. The first kappa shape index (κ1) is 11.4. The molecule has 92 valence electrons. The Morgan fingerprint density at radius 3 is 2.94 bits per heavy atom. The number of nitrogens with zero attached hydrogens (tertiary/aromatic N) is 3. The number of carbonyl (C=O) groups is 1. The third kappa shape index (κ3) is 2.74. The second-order valence-electron chi connectivity index (χ2n) is 3.88. The number of hydrogen-bond donors (Lipinski definition) is 2. The maximum Gasteiger partial charge on any atom is 0.407 e. The predicted octanol–water partition coefficient (Wildman–Crippen LogP) is -0.00650. The molecule has 1 saturated heterocycles. The van der Waals surface area contributed by atoms with Gasteiger partial charge in [0.05, 0.1) is 31.2 Å². The molecule has 7 heteroatoms. The van der Waals surface area contributed by atoms with Crippen molar-refractivity contribution in [2.24, 2.45) is 0 Å². The lowest BCUT2D eigenvalue weighted by molar-refractivity contribution is 0.167. The fraction of sp³-hybridized carbons (Fsp3) is 0.500. The summed E-state index contributed by atoms with van der Waals surface area (Å²) < 4.78 is 4.55. The van der Waals surface area contributed by atoms with Crippen LogP contribution in [0.25, 0.3) is 0 Å². The molecule has 1 aliphatic rings. The molecule has 0 radical (unpaired) electrons. The summed E-state index contributed by atoms with van der Waals surface area (Å²) >= 11 is 0. The van der Waals surface area contributed by atoms with Gasteiger partial charge in [0, 0.05) is 13.1 Å². The van der Waals surface area contributed by atoms with Gasteiger partial charge in [-0.3, -0.25) is 0 Å². The molecule has 1 aromatic rings. The number of methoxy groups -OCH3 is 1. The number of nitrogens with one attached hydrogen (secondary N) is 1. The van der Waals surface area contributed by atoms with Gasteiger partial charge in [0.1, 0.15) is 0 Å². The molecule has 3 N–H and O–H groups in total. The van der Waals surface area contributed by atoms with Crippen LogP contribution in [0.15, 0.2) is 12.4 Å². The molecule has 1 atom stereocenters. The summed E-state index contributed by atoms with van der Waals surface area (Å²) in [4.78, 5) is 21.3. The molecular weight excluding hydrogens is 222 g/mol. The van der Waals surface area contributed by atoms with E-state index in [9.17, 15) is 4.79 Å².